The smallest absolute Gasteiger partial charge is 0.281 e. The van der Waals surface area contributed by atoms with Gasteiger partial charge in [-0.05, 0) is 35.2 Å². The van der Waals surface area contributed by atoms with Crippen LogP contribution in [0.3, 0.4) is 0 Å². The summed E-state index contributed by atoms with van der Waals surface area (Å²) in [6.45, 7) is -0.313. The van der Waals surface area contributed by atoms with E-state index in [-0.39, 0.29) is 30.0 Å². The molecule has 1 amide bonds. The fourth-order valence-electron chi connectivity index (χ4n) is 3.55. The van der Waals surface area contributed by atoms with E-state index in [0.717, 1.165) is 16.2 Å². The van der Waals surface area contributed by atoms with Crippen LogP contribution in [0.25, 0.3) is 0 Å². The van der Waals surface area contributed by atoms with Gasteiger partial charge >= 0.3 is 0 Å². The summed E-state index contributed by atoms with van der Waals surface area (Å²) in [5, 5.41) is 18.9. The van der Waals surface area contributed by atoms with E-state index < -0.39 is 4.92 Å². The number of benzene rings is 2. The van der Waals surface area contributed by atoms with Crippen LogP contribution in [0.5, 0.6) is 17.2 Å². The largest absolute Gasteiger partial charge is 0.493 e. The van der Waals surface area contributed by atoms with E-state index in [1.54, 1.807) is 37.7 Å². The Balaban J connectivity index is 1.58. The summed E-state index contributed by atoms with van der Waals surface area (Å²) in [5.74, 6) is 1.01. The number of hydrazone groups is 1. The fourth-order valence-corrected chi connectivity index (χ4v) is 4.27. The summed E-state index contributed by atoms with van der Waals surface area (Å²) in [6, 6.07) is 14.8. The molecule has 1 aliphatic heterocycles. The van der Waals surface area contributed by atoms with E-state index >= 15 is 0 Å². The molecular formula is C23H21N3O6S. The highest BCUT2D eigenvalue weighted by Crippen LogP contribution is 2.38. The number of carbonyl (C=O) groups excluding carboxylic acids is 1. The number of thiophene rings is 1. The van der Waals surface area contributed by atoms with E-state index in [1.165, 1.54) is 23.2 Å². The summed E-state index contributed by atoms with van der Waals surface area (Å²) < 4.78 is 16.3. The van der Waals surface area contributed by atoms with Crippen molar-refractivity contribution in [2.24, 2.45) is 5.10 Å². The van der Waals surface area contributed by atoms with Gasteiger partial charge in [-0.25, -0.2) is 5.01 Å². The van der Waals surface area contributed by atoms with E-state index in [4.69, 9.17) is 14.2 Å². The topological polar surface area (TPSA) is 104 Å². The Morgan fingerprint density at radius 1 is 1.15 bits per heavy atom. The van der Waals surface area contributed by atoms with Crippen LogP contribution in [0.2, 0.25) is 0 Å². The molecule has 1 unspecified atom stereocenters. The molecule has 0 saturated heterocycles. The minimum Gasteiger partial charge on any atom is -0.493 e. The molecule has 4 rings (SSSR count). The quantitative estimate of drug-likeness (QED) is 0.359. The average Bonchev–Trinajstić information content (AvgIpc) is 3.52. The molecule has 0 N–H and O–H groups in total. The van der Waals surface area contributed by atoms with Crippen LogP contribution in [0.4, 0.5) is 5.69 Å². The van der Waals surface area contributed by atoms with Crippen LogP contribution in [0, 0.1) is 10.1 Å². The zero-order chi connectivity index (χ0) is 23.4. The maximum atomic E-state index is 13.1. The first-order valence-electron chi connectivity index (χ1n) is 10.0. The number of carbonyl (C=O) groups is 1. The average molecular weight is 468 g/mol. The fraction of sp³-hybridized carbons (Fsp3) is 0.217. The van der Waals surface area contributed by atoms with Gasteiger partial charge in [0.1, 0.15) is 5.75 Å². The molecule has 33 heavy (non-hydrogen) atoms. The Kier molecular flexibility index (Phi) is 6.55. The molecule has 170 valence electrons. The molecule has 0 fully saturated rings. The molecule has 3 aromatic rings. The lowest BCUT2D eigenvalue weighted by Gasteiger charge is -2.23. The zero-order valence-electron chi connectivity index (χ0n) is 18.0. The van der Waals surface area contributed by atoms with Gasteiger partial charge in [0.2, 0.25) is 0 Å². The number of nitro benzene ring substituents is 1. The predicted octanol–water partition coefficient (Wildman–Crippen LogP) is 4.43. The molecule has 1 aromatic heterocycles. The van der Waals surface area contributed by atoms with Gasteiger partial charge in [-0.15, -0.1) is 11.3 Å². The van der Waals surface area contributed by atoms with Crippen LogP contribution >= 0.6 is 11.3 Å². The molecule has 9 nitrogen and oxygen atoms in total. The number of hydrogen-bond donors (Lipinski definition) is 0. The van der Waals surface area contributed by atoms with Crippen LogP contribution in [0.1, 0.15) is 22.9 Å². The molecule has 1 atom stereocenters. The second-order valence-electron chi connectivity index (χ2n) is 7.14. The monoisotopic (exact) mass is 467 g/mol. The maximum Gasteiger partial charge on any atom is 0.281 e. The number of nitro groups is 1. The first-order chi connectivity index (χ1) is 16.0. The highest BCUT2D eigenvalue weighted by atomic mass is 32.1. The normalized spacial score (nSPS) is 15.2. The number of amides is 1. The molecule has 0 radical (unpaired) electrons. The highest BCUT2D eigenvalue weighted by Gasteiger charge is 2.34. The van der Waals surface area contributed by atoms with Crippen molar-refractivity contribution in [3.8, 4) is 17.2 Å². The van der Waals surface area contributed by atoms with Gasteiger partial charge in [0, 0.05) is 12.5 Å². The molecule has 0 bridgehead atoms. The minimum atomic E-state index is -0.514. The number of hydrogen-bond acceptors (Lipinski definition) is 8. The van der Waals surface area contributed by atoms with Crippen molar-refractivity contribution in [2.75, 3.05) is 20.8 Å². The van der Waals surface area contributed by atoms with Gasteiger partial charge < -0.3 is 14.2 Å². The first kappa shape index (κ1) is 22.3. The van der Waals surface area contributed by atoms with Gasteiger partial charge in [0.15, 0.2) is 18.1 Å². The van der Waals surface area contributed by atoms with Crippen molar-refractivity contribution in [2.45, 2.75) is 12.5 Å². The van der Waals surface area contributed by atoms with Crippen LogP contribution in [-0.4, -0.2) is 42.4 Å². The minimum absolute atomic E-state index is 0.109. The Hall–Kier alpha value is -3.92. The first-order valence-corrected chi connectivity index (χ1v) is 10.9. The van der Waals surface area contributed by atoms with Crippen molar-refractivity contribution < 1.29 is 23.9 Å². The van der Waals surface area contributed by atoms with E-state index in [9.17, 15) is 14.9 Å². The standard InChI is InChI=1S/C23H21N3O6S/c1-30-20-9-8-15(11-21(20)31-2)19-13-18(22-7-4-10-33-22)24-25(19)23(27)14-32-17-6-3-5-16(12-17)26(28)29/h3-12,19H,13-14H2,1-2H3. The predicted molar refractivity (Wildman–Crippen MR) is 123 cm³/mol. The van der Waals surface area contributed by atoms with Crippen molar-refractivity contribution in [1.82, 2.24) is 5.01 Å². The van der Waals surface area contributed by atoms with Gasteiger partial charge in [0.25, 0.3) is 11.6 Å². The Morgan fingerprint density at radius 3 is 2.67 bits per heavy atom. The summed E-state index contributed by atoms with van der Waals surface area (Å²) in [6.07, 6.45) is 0.526. The molecule has 0 aliphatic carbocycles. The summed E-state index contributed by atoms with van der Waals surface area (Å²) in [4.78, 5) is 24.6. The molecule has 0 saturated carbocycles. The van der Waals surface area contributed by atoms with Crippen molar-refractivity contribution in [3.05, 3.63) is 80.5 Å². The summed E-state index contributed by atoms with van der Waals surface area (Å²) in [7, 11) is 3.12. The lowest BCUT2D eigenvalue weighted by atomic mass is 10.0. The van der Waals surface area contributed by atoms with Gasteiger partial charge in [0.05, 0.1) is 41.8 Å². The lowest BCUT2D eigenvalue weighted by molar-refractivity contribution is -0.384. The third kappa shape index (κ3) is 4.80. The number of non-ortho nitro benzene ring substituents is 1. The van der Waals surface area contributed by atoms with Crippen molar-refractivity contribution in [1.29, 1.82) is 0 Å². The number of rotatable bonds is 8. The number of methoxy groups -OCH3 is 2. The van der Waals surface area contributed by atoms with E-state index in [1.807, 2.05) is 29.6 Å². The molecule has 2 heterocycles. The van der Waals surface area contributed by atoms with Gasteiger partial charge in [-0.3, -0.25) is 14.9 Å². The SMILES string of the molecule is COc1ccc(C2CC(c3cccs3)=NN2C(=O)COc2cccc([N+](=O)[O-])c2)cc1OC. The third-order valence-corrected chi connectivity index (χ3v) is 6.07. The Bertz CT molecular complexity index is 1190. The van der Waals surface area contributed by atoms with E-state index in [0.29, 0.717) is 17.9 Å². The van der Waals surface area contributed by atoms with Crippen LogP contribution in [-0.2, 0) is 4.79 Å². The molecule has 1 aliphatic rings. The second-order valence-corrected chi connectivity index (χ2v) is 8.09. The number of ether oxygens (including phenoxy) is 3. The van der Waals surface area contributed by atoms with Crippen LogP contribution in [0.15, 0.2) is 65.1 Å². The molecular weight excluding hydrogens is 446 g/mol. The highest BCUT2D eigenvalue weighted by molar-refractivity contribution is 7.12. The Labute approximate surface area is 194 Å². The van der Waals surface area contributed by atoms with E-state index in [2.05, 4.69) is 5.10 Å². The van der Waals surface area contributed by atoms with Crippen LogP contribution < -0.4 is 14.2 Å². The zero-order valence-corrected chi connectivity index (χ0v) is 18.8. The molecule has 10 heteroatoms. The third-order valence-electron chi connectivity index (χ3n) is 5.15. The Morgan fingerprint density at radius 2 is 1.97 bits per heavy atom. The summed E-state index contributed by atoms with van der Waals surface area (Å²) >= 11 is 1.55. The van der Waals surface area contributed by atoms with Crippen molar-refractivity contribution >= 4 is 28.6 Å². The second kappa shape index (κ2) is 9.70. The molecule has 2 aromatic carbocycles. The van der Waals surface area contributed by atoms with Crippen molar-refractivity contribution in [3.63, 3.8) is 0 Å². The molecule has 0 spiro atoms. The maximum absolute atomic E-state index is 13.1. The number of nitrogens with zero attached hydrogens (tertiary/aromatic N) is 3. The lowest BCUT2D eigenvalue weighted by Crippen LogP contribution is -2.31. The van der Waals surface area contributed by atoms with Gasteiger partial charge in [-0.1, -0.05) is 18.2 Å². The van der Waals surface area contributed by atoms with Gasteiger partial charge in [-0.2, -0.15) is 5.10 Å². The summed E-state index contributed by atoms with van der Waals surface area (Å²) in [5.41, 5.74) is 1.53.